The summed E-state index contributed by atoms with van der Waals surface area (Å²) in [6, 6.07) is 21.3. The Balaban J connectivity index is 1.47. The van der Waals surface area contributed by atoms with E-state index < -0.39 is 17.9 Å². The molecule has 10 nitrogen and oxygen atoms in total. The van der Waals surface area contributed by atoms with Crippen molar-refractivity contribution in [3.05, 3.63) is 132 Å². The van der Waals surface area contributed by atoms with Gasteiger partial charge in [-0.05, 0) is 61.5 Å². The third-order valence-corrected chi connectivity index (χ3v) is 8.73. The third-order valence-electron chi connectivity index (χ3n) is 7.41. The summed E-state index contributed by atoms with van der Waals surface area (Å²) in [6.45, 7) is 1.73. The summed E-state index contributed by atoms with van der Waals surface area (Å²) in [6.07, 6.45) is 1.59. The fourth-order valence-electron chi connectivity index (χ4n) is 5.23. The number of carboxylic acid groups (broad SMARTS) is 1. The Morgan fingerprint density at radius 2 is 1.83 bits per heavy atom. The number of anilines is 1. The van der Waals surface area contributed by atoms with E-state index in [9.17, 15) is 19.5 Å². The molecule has 2 aromatic heterocycles. The monoisotopic (exact) mass is 655 g/mol. The Hall–Kier alpha value is -5.39. The molecular weight excluding hydrogens is 630 g/mol. The van der Waals surface area contributed by atoms with Crippen LogP contribution in [0, 0.1) is 0 Å². The number of aromatic nitrogens is 1. The van der Waals surface area contributed by atoms with Crippen LogP contribution < -0.4 is 29.7 Å². The number of nitrogens with one attached hydrogen (secondary N) is 1. The zero-order chi connectivity index (χ0) is 32.5. The van der Waals surface area contributed by atoms with Crippen LogP contribution in [0.3, 0.4) is 0 Å². The fraction of sp³-hybridized carbons (Fsp3) is 0.118. The highest BCUT2D eigenvalue weighted by Gasteiger charge is 2.34. The van der Waals surface area contributed by atoms with Gasteiger partial charge in [0.1, 0.15) is 29.1 Å². The molecule has 6 rings (SSSR count). The Morgan fingerprint density at radius 3 is 2.54 bits per heavy atom. The zero-order valence-corrected chi connectivity index (χ0v) is 26.3. The maximum Gasteiger partial charge on any atom is 0.337 e. The number of ether oxygens (including phenoxy) is 2. The smallest absolute Gasteiger partial charge is 0.337 e. The average molecular weight is 656 g/mol. The molecule has 0 bridgehead atoms. The second kappa shape index (κ2) is 12.5. The third kappa shape index (κ3) is 5.73. The van der Waals surface area contributed by atoms with Gasteiger partial charge in [0.25, 0.3) is 11.5 Å². The van der Waals surface area contributed by atoms with E-state index in [0.29, 0.717) is 54.9 Å². The molecule has 3 heterocycles. The number of carbonyl (C=O) groups is 2. The molecule has 232 valence electrons. The van der Waals surface area contributed by atoms with Crippen molar-refractivity contribution in [2.75, 3.05) is 19.5 Å². The minimum atomic E-state index is -1.16. The maximum absolute atomic E-state index is 14.1. The first-order valence-electron chi connectivity index (χ1n) is 13.9. The molecule has 1 amide bonds. The first-order chi connectivity index (χ1) is 22.2. The molecular formula is C34H26ClN3O7S. The van der Waals surface area contributed by atoms with Crippen LogP contribution in [0.1, 0.15) is 34.6 Å². The van der Waals surface area contributed by atoms with E-state index in [0.717, 1.165) is 11.3 Å². The molecule has 0 saturated carbocycles. The number of nitrogens with zero attached hydrogens (tertiary/aromatic N) is 2. The lowest BCUT2D eigenvalue weighted by molar-refractivity contribution is -0.113. The minimum absolute atomic E-state index is 0.0538. The number of aromatic carboxylic acids is 1. The van der Waals surface area contributed by atoms with Crippen LogP contribution in [0.2, 0.25) is 5.02 Å². The van der Waals surface area contributed by atoms with E-state index in [4.69, 9.17) is 25.5 Å². The summed E-state index contributed by atoms with van der Waals surface area (Å²) in [5, 5.41) is 12.5. The number of carbonyl (C=O) groups excluding carboxylic acids is 1. The van der Waals surface area contributed by atoms with Gasteiger partial charge in [-0.1, -0.05) is 41.1 Å². The Labute approximate surface area is 271 Å². The molecule has 46 heavy (non-hydrogen) atoms. The lowest BCUT2D eigenvalue weighted by Gasteiger charge is -2.26. The number of thiazole rings is 1. The Morgan fingerprint density at radius 1 is 1.04 bits per heavy atom. The first kappa shape index (κ1) is 30.6. The summed E-state index contributed by atoms with van der Waals surface area (Å²) in [4.78, 5) is 44.6. The number of halogens is 1. The van der Waals surface area contributed by atoms with Crippen molar-refractivity contribution in [2.45, 2.75) is 13.0 Å². The number of amides is 1. The first-order valence-corrected chi connectivity index (χ1v) is 15.1. The number of para-hydroxylation sites is 1. The summed E-state index contributed by atoms with van der Waals surface area (Å²) in [7, 11) is 3.05. The molecule has 2 N–H and O–H groups in total. The topological polar surface area (TPSA) is 132 Å². The van der Waals surface area contributed by atoms with E-state index in [-0.39, 0.29) is 21.7 Å². The van der Waals surface area contributed by atoms with Crippen LogP contribution in [0.25, 0.3) is 17.4 Å². The van der Waals surface area contributed by atoms with E-state index in [1.165, 1.54) is 23.8 Å². The van der Waals surface area contributed by atoms with E-state index >= 15 is 0 Å². The van der Waals surface area contributed by atoms with E-state index in [1.54, 1.807) is 68.6 Å². The molecule has 0 radical (unpaired) electrons. The van der Waals surface area contributed by atoms with Crippen LogP contribution in [-0.4, -0.2) is 35.8 Å². The largest absolute Gasteiger partial charge is 0.497 e. The number of hydrogen-bond donors (Lipinski definition) is 2. The van der Waals surface area contributed by atoms with Gasteiger partial charge in [0.15, 0.2) is 4.80 Å². The molecule has 0 fully saturated rings. The van der Waals surface area contributed by atoms with Gasteiger partial charge in [-0.15, -0.1) is 0 Å². The van der Waals surface area contributed by atoms with Crippen molar-refractivity contribution in [2.24, 2.45) is 4.99 Å². The van der Waals surface area contributed by atoms with Crippen LogP contribution in [-0.2, 0) is 4.79 Å². The highest BCUT2D eigenvalue weighted by atomic mass is 35.5. The SMILES string of the molecule is COc1ccc([C@H]2C(C(=O)Nc3ccccc3)=C(C)N=c3s/c(=C\c4ccc(-c5ccc(Cl)c(C(=O)O)c5)o4)c(=O)n32)c(OC)c1. The van der Waals surface area contributed by atoms with Crippen molar-refractivity contribution in [3.8, 4) is 22.8 Å². The van der Waals surface area contributed by atoms with Gasteiger partial charge in [-0.25, -0.2) is 9.79 Å². The highest BCUT2D eigenvalue weighted by Crippen LogP contribution is 2.37. The van der Waals surface area contributed by atoms with Crippen LogP contribution in [0.5, 0.6) is 11.5 Å². The standard InChI is InChI=1S/C34H26ClN3O7S/c1-18-29(31(39)37-20-7-5-4-6-8-20)30(23-12-10-21(43-2)16-27(23)44-3)38-32(40)28(46-34(38)36-18)17-22-11-14-26(45-22)19-9-13-25(35)24(15-19)33(41)42/h4-17,30H,1-3H3,(H,37,39)(H,41,42)/b28-17-/t30-/m0/s1. The van der Waals surface area contributed by atoms with Crippen molar-refractivity contribution in [1.82, 2.24) is 4.57 Å². The predicted molar refractivity (Wildman–Crippen MR) is 174 cm³/mol. The number of benzene rings is 3. The number of carboxylic acids is 1. The van der Waals surface area contributed by atoms with Gasteiger partial charge in [0.2, 0.25) is 0 Å². The molecule has 0 spiro atoms. The van der Waals surface area contributed by atoms with Gasteiger partial charge >= 0.3 is 5.97 Å². The quantitative estimate of drug-likeness (QED) is 0.226. The fourth-order valence-corrected chi connectivity index (χ4v) is 6.45. The number of rotatable bonds is 8. The number of methoxy groups -OCH3 is 2. The molecule has 5 aromatic rings. The number of fused-ring (bicyclic) bond motifs is 1. The molecule has 3 aromatic carbocycles. The van der Waals surface area contributed by atoms with E-state index in [1.807, 2.05) is 18.2 Å². The minimum Gasteiger partial charge on any atom is -0.497 e. The second-order valence-corrected chi connectivity index (χ2v) is 11.6. The molecule has 1 aliphatic heterocycles. The van der Waals surface area contributed by atoms with Gasteiger partial charge in [0.05, 0.1) is 40.6 Å². The predicted octanol–water partition coefficient (Wildman–Crippen LogP) is 5.50. The van der Waals surface area contributed by atoms with Crippen molar-refractivity contribution < 1.29 is 28.6 Å². The normalized spacial score (nSPS) is 14.4. The summed E-state index contributed by atoms with van der Waals surface area (Å²) in [5.74, 6) is 0.170. The summed E-state index contributed by atoms with van der Waals surface area (Å²) < 4.78 is 18.9. The number of furan rings is 1. The van der Waals surface area contributed by atoms with Crippen LogP contribution >= 0.6 is 22.9 Å². The average Bonchev–Trinajstić information content (AvgIpc) is 3.64. The van der Waals surface area contributed by atoms with Crippen molar-refractivity contribution in [1.29, 1.82) is 0 Å². The van der Waals surface area contributed by atoms with E-state index in [2.05, 4.69) is 10.3 Å². The zero-order valence-electron chi connectivity index (χ0n) is 24.7. The molecule has 12 heteroatoms. The molecule has 0 unspecified atom stereocenters. The van der Waals surface area contributed by atoms with Crippen LogP contribution in [0.4, 0.5) is 5.69 Å². The molecule has 1 atom stereocenters. The summed E-state index contributed by atoms with van der Waals surface area (Å²) in [5.41, 5.74) is 1.96. The molecule has 0 saturated heterocycles. The molecule has 0 aliphatic carbocycles. The van der Waals surface area contributed by atoms with Crippen molar-refractivity contribution in [3.63, 3.8) is 0 Å². The second-order valence-electron chi connectivity index (χ2n) is 10.2. The lowest BCUT2D eigenvalue weighted by Crippen LogP contribution is -2.40. The van der Waals surface area contributed by atoms with Gasteiger partial charge in [-0.3, -0.25) is 14.2 Å². The maximum atomic E-state index is 14.1. The van der Waals surface area contributed by atoms with Crippen molar-refractivity contribution >= 4 is 46.6 Å². The number of allylic oxidation sites excluding steroid dienone is 1. The Kier molecular flexibility index (Phi) is 8.35. The van der Waals surface area contributed by atoms with Gasteiger partial charge < -0.3 is 24.3 Å². The van der Waals surface area contributed by atoms with Gasteiger partial charge in [-0.2, -0.15) is 0 Å². The highest BCUT2D eigenvalue weighted by molar-refractivity contribution is 7.07. The lowest BCUT2D eigenvalue weighted by atomic mass is 9.94. The molecule has 1 aliphatic rings. The summed E-state index contributed by atoms with van der Waals surface area (Å²) >= 11 is 7.18. The van der Waals surface area contributed by atoms with Crippen LogP contribution in [0.15, 0.2) is 104 Å². The van der Waals surface area contributed by atoms with Gasteiger partial charge in [0, 0.05) is 29.0 Å². The number of hydrogen-bond acceptors (Lipinski definition) is 8. The Bertz CT molecular complexity index is 2220.